The third-order valence-electron chi connectivity index (χ3n) is 3.10. The molecule has 0 radical (unpaired) electrons. The van der Waals surface area contributed by atoms with Gasteiger partial charge in [-0.2, -0.15) is 0 Å². The summed E-state index contributed by atoms with van der Waals surface area (Å²) in [7, 11) is 0. The summed E-state index contributed by atoms with van der Waals surface area (Å²) in [5.41, 5.74) is 1.85. The van der Waals surface area contributed by atoms with E-state index in [0.29, 0.717) is 5.92 Å². The van der Waals surface area contributed by atoms with E-state index in [0.717, 1.165) is 18.9 Å². The summed E-state index contributed by atoms with van der Waals surface area (Å²) in [4.78, 5) is 3.79. The fraction of sp³-hybridized carbons (Fsp3) is 0.545. The standard InChI is InChI=1S/C11H16F2N4/c1-11(2,6-3-4-6)16-9-7(12)5-8(13)10(15-9)17-14/h5-6H,3-4,14H2,1-2H3,(H2,15,16,17). The Balaban J connectivity index is 2.25. The Bertz CT molecular complexity index is 430. The van der Waals surface area contributed by atoms with E-state index in [1.54, 1.807) is 0 Å². The van der Waals surface area contributed by atoms with E-state index in [2.05, 4.69) is 15.7 Å². The Hall–Kier alpha value is -1.43. The minimum Gasteiger partial charge on any atom is -0.362 e. The van der Waals surface area contributed by atoms with Crippen molar-refractivity contribution in [3.05, 3.63) is 17.7 Å². The van der Waals surface area contributed by atoms with Crippen LogP contribution in [0.15, 0.2) is 6.07 Å². The smallest absolute Gasteiger partial charge is 0.178 e. The molecule has 6 heteroatoms. The van der Waals surface area contributed by atoms with Crippen molar-refractivity contribution >= 4 is 11.6 Å². The van der Waals surface area contributed by atoms with E-state index in [1.165, 1.54) is 0 Å². The number of nitrogens with two attached hydrogens (primary N) is 1. The van der Waals surface area contributed by atoms with Gasteiger partial charge < -0.3 is 10.7 Å². The zero-order valence-electron chi connectivity index (χ0n) is 9.85. The number of nitrogens with zero attached hydrogens (tertiary/aromatic N) is 1. The van der Waals surface area contributed by atoms with Gasteiger partial charge in [-0.3, -0.25) is 0 Å². The topological polar surface area (TPSA) is 63.0 Å². The number of nitrogens with one attached hydrogen (secondary N) is 2. The van der Waals surface area contributed by atoms with Gasteiger partial charge in [0.2, 0.25) is 0 Å². The Morgan fingerprint density at radius 1 is 1.29 bits per heavy atom. The summed E-state index contributed by atoms with van der Waals surface area (Å²) >= 11 is 0. The van der Waals surface area contributed by atoms with Gasteiger partial charge in [-0.25, -0.2) is 19.6 Å². The number of hydrogen-bond donors (Lipinski definition) is 3. The van der Waals surface area contributed by atoms with Gasteiger partial charge in [0, 0.05) is 11.6 Å². The largest absolute Gasteiger partial charge is 0.362 e. The molecule has 17 heavy (non-hydrogen) atoms. The van der Waals surface area contributed by atoms with Crippen molar-refractivity contribution in [3.8, 4) is 0 Å². The Morgan fingerprint density at radius 2 is 1.88 bits per heavy atom. The first kappa shape index (κ1) is 12.0. The molecule has 1 aliphatic carbocycles. The molecule has 1 heterocycles. The zero-order chi connectivity index (χ0) is 12.6. The van der Waals surface area contributed by atoms with Gasteiger partial charge in [0.25, 0.3) is 0 Å². The quantitative estimate of drug-likeness (QED) is 0.559. The van der Waals surface area contributed by atoms with Gasteiger partial charge in [-0.05, 0) is 32.6 Å². The second kappa shape index (κ2) is 4.10. The summed E-state index contributed by atoms with van der Waals surface area (Å²) in [6.07, 6.45) is 2.23. The van der Waals surface area contributed by atoms with Crippen LogP contribution in [0, 0.1) is 17.6 Å². The van der Waals surface area contributed by atoms with Crippen molar-refractivity contribution in [1.82, 2.24) is 4.98 Å². The molecule has 1 fully saturated rings. The van der Waals surface area contributed by atoms with Crippen LogP contribution in [-0.4, -0.2) is 10.5 Å². The molecule has 2 rings (SSSR count). The zero-order valence-corrected chi connectivity index (χ0v) is 9.85. The molecule has 4 N–H and O–H groups in total. The summed E-state index contributed by atoms with van der Waals surface area (Å²) < 4.78 is 26.7. The van der Waals surface area contributed by atoms with Crippen molar-refractivity contribution < 1.29 is 8.78 Å². The maximum absolute atomic E-state index is 13.5. The average Bonchev–Trinajstić information content (AvgIpc) is 3.05. The molecule has 0 aliphatic heterocycles. The summed E-state index contributed by atoms with van der Waals surface area (Å²) in [5.74, 6) is 3.95. The van der Waals surface area contributed by atoms with Crippen molar-refractivity contribution in [3.63, 3.8) is 0 Å². The molecule has 0 spiro atoms. The SMILES string of the molecule is CC(C)(Nc1nc(NN)c(F)cc1F)C1CC1. The Labute approximate surface area is 98.6 Å². The van der Waals surface area contributed by atoms with Gasteiger partial charge in [0.05, 0.1) is 0 Å². The third kappa shape index (κ3) is 2.46. The van der Waals surface area contributed by atoms with Crippen LogP contribution in [0.5, 0.6) is 0 Å². The fourth-order valence-electron chi connectivity index (χ4n) is 1.87. The van der Waals surface area contributed by atoms with Crippen LogP contribution in [0.2, 0.25) is 0 Å². The number of halogens is 2. The van der Waals surface area contributed by atoms with Gasteiger partial charge in [-0.15, -0.1) is 0 Å². The number of rotatable bonds is 4. The molecule has 1 aromatic rings. The predicted molar refractivity (Wildman–Crippen MR) is 62.4 cm³/mol. The van der Waals surface area contributed by atoms with Crippen LogP contribution in [0.4, 0.5) is 20.4 Å². The van der Waals surface area contributed by atoms with Crippen molar-refractivity contribution in [1.29, 1.82) is 0 Å². The first-order valence-electron chi connectivity index (χ1n) is 5.55. The first-order valence-corrected chi connectivity index (χ1v) is 5.55. The van der Waals surface area contributed by atoms with Crippen LogP contribution in [0.3, 0.4) is 0 Å². The minimum atomic E-state index is -0.806. The molecular weight excluding hydrogens is 226 g/mol. The lowest BCUT2D eigenvalue weighted by Crippen LogP contribution is -2.34. The lowest BCUT2D eigenvalue weighted by molar-refractivity contribution is 0.484. The molecule has 1 saturated carbocycles. The van der Waals surface area contributed by atoms with E-state index in [4.69, 9.17) is 5.84 Å². The highest BCUT2D eigenvalue weighted by atomic mass is 19.1. The van der Waals surface area contributed by atoms with E-state index < -0.39 is 11.6 Å². The molecule has 0 bridgehead atoms. The monoisotopic (exact) mass is 242 g/mol. The van der Waals surface area contributed by atoms with Crippen LogP contribution in [-0.2, 0) is 0 Å². The normalized spacial score (nSPS) is 15.8. The molecule has 1 aliphatic rings. The van der Waals surface area contributed by atoms with Crippen molar-refractivity contribution in [2.45, 2.75) is 32.2 Å². The number of nitrogen functional groups attached to an aromatic ring is 1. The number of hydrazine groups is 1. The van der Waals surface area contributed by atoms with Gasteiger partial charge >= 0.3 is 0 Å². The van der Waals surface area contributed by atoms with Crippen molar-refractivity contribution in [2.24, 2.45) is 11.8 Å². The molecule has 94 valence electrons. The van der Waals surface area contributed by atoms with Gasteiger partial charge in [0.1, 0.15) is 0 Å². The maximum atomic E-state index is 13.5. The van der Waals surface area contributed by atoms with E-state index in [-0.39, 0.29) is 17.2 Å². The van der Waals surface area contributed by atoms with Crippen LogP contribution >= 0.6 is 0 Å². The van der Waals surface area contributed by atoms with Crippen LogP contribution < -0.4 is 16.6 Å². The van der Waals surface area contributed by atoms with Gasteiger partial charge in [-0.1, -0.05) is 0 Å². The molecular formula is C11H16F2N4. The number of aromatic nitrogens is 1. The van der Waals surface area contributed by atoms with Crippen LogP contribution in [0.25, 0.3) is 0 Å². The lowest BCUT2D eigenvalue weighted by atomic mass is 9.99. The Morgan fingerprint density at radius 3 is 2.41 bits per heavy atom. The lowest BCUT2D eigenvalue weighted by Gasteiger charge is -2.27. The van der Waals surface area contributed by atoms with E-state index >= 15 is 0 Å². The van der Waals surface area contributed by atoms with E-state index in [9.17, 15) is 8.78 Å². The first-order chi connectivity index (χ1) is 7.94. The van der Waals surface area contributed by atoms with Crippen LogP contribution in [0.1, 0.15) is 26.7 Å². The predicted octanol–water partition coefficient (Wildman–Crippen LogP) is 2.25. The average molecular weight is 242 g/mol. The summed E-state index contributed by atoms with van der Waals surface area (Å²) in [6.45, 7) is 3.95. The maximum Gasteiger partial charge on any atom is 0.178 e. The Kier molecular flexibility index (Phi) is 2.91. The molecule has 4 nitrogen and oxygen atoms in total. The highest BCUT2D eigenvalue weighted by Gasteiger charge is 2.38. The highest BCUT2D eigenvalue weighted by Crippen LogP contribution is 2.41. The van der Waals surface area contributed by atoms with Crippen molar-refractivity contribution in [2.75, 3.05) is 10.7 Å². The molecule has 0 atom stereocenters. The van der Waals surface area contributed by atoms with Gasteiger partial charge in [0.15, 0.2) is 23.3 Å². The molecule has 0 aromatic carbocycles. The molecule has 0 amide bonds. The summed E-state index contributed by atoms with van der Waals surface area (Å²) in [5, 5.41) is 3.00. The fourth-order valence-corrected chi connectivity index (χ4v) is 1.87. The second-order valence-corrected chi connectivity index (χ2v) is 4.91. The molecule has 1 aromatic heterocycles. The molecule has 0 unspecified atom stereocenters. The minimum absolute atomic E-state index is 0.0243. The molecule has 0 saturated heterocycles. The second-order valence-electron chi connectivity index (χ2n) is 4.91. The third-order valence-corrected chi connectivity index (χ3v) is 3.10. The summed E-state index contributed by atoms with van der Waals surface area (Å²) in [6, 6.07) is 0.771. The number of anilines is 2. The number of hydrogen-bond acceptors (Lipinski definition) is 4. The number of pyridine rings is 1. The highest BCUT2D eigenvalue weighted by molar-refractivity contribution is 5.48. The van der Waals surface area contributed by atoms with E-state index in [1.807, 2.05) is 13.8 Å².